The van der Waals surface area contributed by atoms with E-state index in [4.69, 9.17) is 16.3 Å². The van der Waals surface area contributed by atoms with Crippen molar-refractivity contribution in [1.82, 2.24) is 20.2 Å². The molecule has 10 heteroatoms. The molecule has 0 aliphatic rings. The number of methoxy groups -OCH3 is 1. The maximum absolute atomic E-state index is 12.4. The second kappa shape index (κ2) is 11.1. The van der Waals surface area contributed by atoms with E-state index in [0.29, 0.717) is 27.3 Å². The van der Waals surface area contributed by atoms with Gasteiger partial charge < -0.3 is 9.84 Å². The number of phenolic OH excluding ortho intramolecular Hbond substituents is 1. The van der Waals surface area contributed by atoms with Crippen LogP contribution in [0.15, 0.2) is 77.0 Å². The summed E-state index contributed by atoms with van der Waals surface area (Å²) in [6.07, 6.45) is 1.47. The normalized spacial score (nSPS) is 11.1. The van der Waals surface area contributed by atoms with Gasteiger partial charge in [-0.3, -0.25) is 9.36 Å². The van der Waals surface area contributed by atoms with Crippen LogP contribution in [0, 0.1) is 6.92 Å². The van der Waals surface area contributed by atoms with Gasteiger partial charge in [0.2, 0.25) is 0 Å². The van der Waals surface area contributed by atoms with Crippen molar-refractivity contribution in [3.05, 3.63) is 82.9 Å². The Hall–Kier alpha value is -3.82. The number of aryl methyl sites for hydroxylation is 1. The van der Waals surface area contributed by atoms with Crippen molar-refractivity contribution < 1.29 is 14.6 Å². The number of ether oxygens (including phenoxy) is 1. The molecule has 1 aromatic heterocycles. The Labute approximate surface area is 211 Å². The number of aromatic nitrogens is 3. The molecule has 178 valence electrons. The number of aromatic hydroxyl groups is 1. The first-order valence-electron chi connectivity index (χ1n) is 10.5. The standard InChI is InChI=1S/C25H22ClN5O3S/c1-16-3-6-18(7-4-16)24-29-30-25(31(24)20-10-8-19(26)9-11-20)35-15-23(33)28-27-14-17-5-12-21(32)22(13-17)34-2/h3-14,32H,15H2,1-2H3,(H,28,33). The molecule has 0 bridgehead atoms. The number of nitrogens with one attached hydrogen (secondary N) is 1. The van der Waals surface area contributed by atoms with Crippen molar-refractivity contribution in [2.75, 3.05) is 12.9 Å². The van der Waals surface area contributed by atoms with Gasteiger partial charge in [-0.25, -0.2) is 5.43 Å². The van der Waals surface area contributed by atoms with E-state index in [0.717, 1.165) is 16.8 Å². The van der Waals surface area contributed by atoms with Gasteiger partial charge in [0.05, 0.1) is 19.1 Å². The quantitative estimate of drug-likeness (QED) is 0.201. The van der Waals surface area contributed by atoms with Crippen molar-refractivity contribution in [1.29, 1.82) is 0 Å². The second-order valence-electron chi connectivity index (χ2n) is 7.50. The van der Waals surface area contributed by atoms with Crippen LogP contribution in [-0.2, 0) is 4.79 Å². The maximum atomic E-state index is 12.4. The van der Waals surface area contributed by atoms with Gasteiger partial charge in [-0.05, 0) is 55.0 Å². The number of hydrogen-bond donors (Lipinski definition) is 2. The van der Waals surface area contributed by atoms with Gasteiger partial charge in [0.15, 0.2) is 22.5 Å². The Balaban J connectivity index is 1.49. The summed E-state index contributed by atoms with van der Waals surface area (Å²) in [5, 5.41) is 23.5. The molecule has 35 heavy (non-hydrogen) atoms. The average Bonchev–Trinajstić information content (AvgIpc) is 3.28. The summed E-state index contributed by atoms with van der Waals surface area (Å²) < 4.78 is 6.96. The molecule has 8 nitrogen and oxygen atoms in total. The number of amides is 1. The lowest BCUT2D eigenvalue weighted by molar-refractivity contribution is -0.118. The molecule has 0 radical (unpaired) electrons. The van der Waals surface area contributed by atoms with E-state index >= 15 is 0 Å². The van der Waals surface area contributed by atoms with Crippen LogP contribution in [0.5, 0.6) is 11.5 Å². The lowest BCUT2D eigenvalue weighted by atomic mass is 10.1. The molecular formula is C25H22ClN5O3S. The van der Waals surface area contributed by atoms with Crippen LogP contribution in [0.2, 0.25) is 5.02 Å². The zero-order valence-electron chi connectivity index (χ0n) is 19.0. The minimum atomic E-state index is -0.306. The third kappa shape index (κ3) is 6.00. The number of thioether (sulfide) groups is 1. The molecule has 0 spiro atoms. The highest BCUT2D eigenvalue weighted by Gasteiger charge is 2.17. The Kier molecular flexibility index (Phi) is 7.69. The van der Waals surface area contributed by atoms with Gasteiger partial charge in [-0.2, -0.15) is 5.10 Å². The van der Waals surface area contributed by atoms with Crippen molar-refractivity contribution >= 4 is 35.5 Å². The molecule has 0 aliphatic heterocycles. The van der Waals surface area contributed by atoms with E-state index in [-0.39, 0.29) is 17.4 Å². The predicted octanol–water partition coefficient (Wildman–Crippen LogP) is 4.85. The monoisotopic (exact) mass is 507 g/mol. The van der Waals surface area contributed by atoms with Gasteiger partial charge in [0.25, 0.3) is 5.91 Å². The Morgan fingerprint density at radius 2 is 1.89 bits per heavy atom. The number of carbonyl (C=O) groups is 1. The van der Waals surface area contributed by atoms with Crippen LogP contribution in [0.3, 0.4) is 0 Å². The summed E-state index contributed by atoms with van der Waals surface area (Å²) in [6.45, 7) is 2.02. The SMILES string of the molecule is COc1cc(C=NNC(=O)CSc2nnc(-c3ccc(C)cc3)n2-c2ccc(Cl)cc2)ccc1O. The molecule has 4 rings (SSSR count). The van der Waals surface area contributed by atoms with E-state index in [1.165, 1.54) is 31.2 Å². The summed E-state index contributed by atoms with van der Waals surface area (Å²) in [5.41, 5.74) is 6.04. The number of phenols is 1. The second-order valence-corrected chi connectivity index (χ2v) is 8.88. The molecule has 0 saturated carbocycles. The van der Waals surface area contributed by atoms with Gasteiger partial charge in [-0.15, -0.1) is 10.2 Å². The van der Waals surface area contributed by atoms with Crippen LogP contribution < -0.4 is 10.2 Å². The number of carbonyl (C=O) groups excluding carboxylic acids is 1. The summed E-state index contributed by atoms with van der Waals surface area (Å²) in [7, 11) is 1.46. The Bertz CT molecular complexity index is 1350. The molecule has 0 saturated heterocycles. The maximum Gasteiger partial charge on any atom is 0.250 e. The van der Waals surface area contributed by atoms with Crippen LogP contribution >= 0.6 is 23.4 Å². The molecular weight excluding hydrogens is 486 g/mol. The zero-order valence-corrected chi connectivity index (χ0v) is 20.5. The van der Waals surface area contributed by atoms with E-state index in [1.54, 1.807) is 24.3 Å². The van der Waals surface area contributed by atoms with Gasteiger partial charge in [0, 0.05) is 16.3 Å². The fraction of sp³-hybridized carbons (Fsp3) is 0.120. The van der Waals surface area contributed by atoms with Gasteiger partial charge >= 0.3 is 0 Å². The van der Waals surface area contributed by atoms with Crippen LogP contribution in [0.25, 0.3) is 17.1 Å². The van der Waals surface area contributed by atoms with Gasteiger partial charge in [0.1, 0.15) is 0 Å². The number of nitrogens with zero attached hydrogens (tertiary/aromatic N) is 4. The minimum absolute atomic E-state index is 0.0277. The summed E-state index contributed by atoms with van der Waals surface area (Å²) in [4.78, 5) is 12.4. The number of hydrazone groups is 1. The Morgan fingerprint density at radius 3 is 2.60 bits per heavy atom. The highest BCUT2D eigenvalue weighted by molar-refractivity contribution is 7.99. The lowest BCUT2D eigenvalue weighted by Gasteiger charge is -2.10. The zero-order chi connectivity index (χ0) is 24.8. The fourth-order valence-electron chi connectivity index (χ4n) is 3.19. The number of halogens is 1. The molecule has 0 atom stereocenters. The highest BCUT2D eigenvalue weighted by Crippen LogP contribution is 2.29. The topological polar surface area (TPSA) is 102 Å². The fourth-order valence-corrected chi connectivity index (χ4v) is 4.06. The molecule has 4 aromatic rings. The Morgan fingerprint density at radius 1 is 1.14 bits per heavy atom. The van der Waals surface area contributed by atoms with E-state index < -0.39 is 0 Å². The molecule has 0 unspecified atom stereocenters. The van der Waals surface area contributed by atoms with E-state index in [1.807, 2.05) is 47.9 Å². The molecule has 1 heterocycles. The first-order chi connectivity index (χ1) is 16.9. The predicted molar refractivity (Wildman–Crippen MR) is 138 cm³/mol. The van der Waals surface area contributed by atoms with Gasteiger partial charge in [-0.1, -0.05) is 53.2 Å². The smallest absolute Gasteiger partial charge is 0.250 e. The summed E-state index contributed by atoms with van der Waals surface area (Å²) in [6, 6.07) is 20.1. The first kappa shape index (κ1) is 24.3. The molecule has 3 aromatic carbocycles. The third-order valence-electron chi connectivity index (χ3n) is 4.97. The number of rotatable bonds is 8. The molecule has 1 amide bonds. The third-order valence-corrected chi connectivity index (χ3v) is 6.15. The number of benzene rings is 3. The first-order valence-corrected chi connectivity index (χ1v) is 11.9. The molecule has 0 fully saturated rings. The van der Waals surface area contributed by atoms with Crippen LogP contribution in [-0.4, -0.2) is 44.9 Å². The summed E-state index contributed by atoms with van der Waals surface area (Å²) in [5.74, 6) is 0.784. The van der Waals surface area contributed by atoms with Crippen molar-refractivity contribution in [2.24, 2.45) is 5.10 Å². The van der Waals surface area contributed by atoms with Crippen molar-refractivity contribution in [3.8, 4) is 28.6 Å². The largest absolute Gasteiger partial charge is 0.504 e. The van der Waals surface area contributed by atoms with E-state index in [2.05, 4.69) is 20.7 Å². The summed E-state index contributed by atoms with van der Waals surface area (Å²) >= 11 is 7.32. The van der Waals surface area contributed by atoms with Crippen molar-refractivity contribution in [3.63, 3.8) is 0 Å². The average molecular weight is 508 g/mol. The van der Waals surface area contributed by atoms with Crippen molar-refractivity contribution in [2.45, 2.75) is 12.1 Å². The minimum Gasteiger partial charge on any atom is -0.504 e. The highest BCUT2D eigenvalue weighted by atomic mass is 35.5. The number of hydrogen-bond acceptors (Lipinski definition) is 7. The lowest BCUT2D eigenvalue weighted by Crippen LogP contribution is -2.20. The van der Waals surface area contributed by atoms with Crippen LogP contribution in [0.4, 0.5) is 0 Å². The molecule has 2 N–H and O–H groups in total. The van der Waals surface area contributed by atoms with Crippen LogP contribution in [0.1, 0.15) is 11.1 Å². The molecule has 0 aliphatic carbocycles. The van der Waals surface area contributed by atoms with E-state index in [9.17, 15) is 9.90 Å².